The zero-order valence-electron chi connectivity index (χ0n) is 14.9. The number of rotatable bonds is 5. The predicted octanol–water partition coefficient (Wildman–Crippen LogP) is -0.787. The smallest absolute Gasteiger partial charge is 0.229 e. The number of benzene rings is 2. The third kappa shape index (κ3) is 4.11. The van der Waals surface area contributed by atoms with E-state index in [1.54, 1.807) is 0 Å². The summed E-state index contributed by atoms with van der Waals surface area (Å²) in [7, 11) is 0. The van der Waals surface area contributed by atoms with Gasteiger partial charge in [0.2, 0.25) is 12.1 Å². The van der Waals surface area contributed by atoms with Gasteiger partial charge in [0.1, 0.15) is 53.0 Å². The van der Waals surface area contributed by atoms with Gasteiger partial charge in [-0.25, -0.2) is 0 Å². The number of carbonyl (C=O) groups excluding carboxylic acids is 1. The Kier molecular flexibility index (Phi) is 5.91. The summed E-state index contributed by atoms with van der Waals surface area (Å²) in [6, 6.07) is 7.18. The average Bonchev–Trinajstić information content (AvgIpc) is 2.67. The zero-order valence-corrected chi connectivity index (χ0v) is 14.9. The first kappa shape index (κ1) is 20.8. The van der Waals surface area contributed by atoms with Gasteiger partial charge in [-0.05, 0) is 12.1 Å². The second-order valence-electron chi connectivity index (χ2n) is 6.53. The van der Waals surface area contributed by atoms with Gasteiger partial charge >= 0.3 is 0 Å². The molecule has 5 unspecified atom stereocenters. The molecule has 3 rings (SSSR count). The molecule has 10 nitrogen and oxygen atoms in total. The Hall–Kier alpha value is -2.89. The van der Waals surface area contributed by atoms with Crippen LogP contribution in [0, 0.1) is 0 Å². The zero-order chi connectivity index (χ0) is 21.3. The molecule has 156 valence electrons. The van der Waals surface area contributed by atoms with Crippen molar-refractivity contribution >= 4 is 5.78 Å². The van der Waals surface area contributed by atoms with E-state index in [2.05, 4.69) is 0 Å². The second-order valence-corrected chi connectivity index (χ2v) is 6.53. The SMILES string of the molecule is O=C(c1cccc(O)c1)c1c(O)cc(O)cc1OC1OC(CO)C(O)C(O)C1O. The first-order valence-corrected chi connectivity index (χ1v) is 8.59. The fraction of sp³-hybridized carbons (Fsp3) is 0.316. The highest BCUT2D eigenvalue weighted by Gasteiger charge is 2.45. The van der Waals surface area contributed by atoms with Gasteiger partial charge in [-0.3, -0.25) is 4.79 Å². The number of phenolic OH excluding ortho intramolecular Hbond substituents is 3. The third-order valence-electron chi connectivity index (χ3n) is 4.49. The molecule has 7 N–H and O–H groups in total. The molecule has 1 fully saturated rings. The lowest BCUT2D eigenvalue weighted by Gasteiger charge is -2.39. The molecule has 29 heavy (non-hydrogen) atoms. The van der Waals surface area contributed by atoms with Crippen molar-refractivity contribution in [1.29, 1.82) is 0 Å². The van der Waals surface area contributed by atoms with Crippen molar-refractivity contribution in [3.05, 3.63) is 47.5 Å². The second kappa shape index (κ2) is 8.23. The number of aliphatic hydroxyl groups is 4. The number of ketones is 1. The Labute approximate surface area is 164 Å². The van der Waals surface area contributed by atoms with Gasteiger partial charge in [0.15, 0.2) is 0 Å². The Morgan fingerprint density at radius 3 is 2.34 bits per heavy atom. The molecule has 0 aliphatic carbocycles. The van der Waals surface area contributed by atoms with E-state index in [9.17, 15) is 40.5 Å². The van der Waals surface area contributed by atoms with E-state index in [1.807, 2.05) is 0 Å². The van der Waals surface area contributed by atoms with E-state index in [1.165, 1.54) is 18.2 Å². The summed E-state index contributed by atoms with van der Waals surface area (Å²) in [4.78, 5) is 12.8. The number of phenols is 3. The number of aromatic hydroxyl groups is 3. The third-order valence-corrected chi connectivity index (χ3v) is 4.49. The normalized spacial score (nSPS) is 26.8. The first-order chi connectivity index (χ1) is 13.7. The molecule has 10 heteroatoms. The van der Waals surface area contributed by atoms with E-state index >= 15 is 0 Å². The van der Waals surface area contributed by atoms with E-state index in [-0.39, 0.29) is 17.1 Å². The summed E-state index contributed by atoms with van der Waals surface area (Å²) < 4.78 is 10.7. The summed E-state index contributed by atoms with van der Waals surface area (Å²) >= 11 is 0. The van der Waals surface area contributed by atoms with Crippen molar-refractivity contribution < 1.29 is 50.0 Å². The number of hydrogen-bond acceptors (Lipinski definition) is 10. The van der Waals surface area contributed by atoms with Crippen LogP contribution < -0.4 is 4.74 Å². The molecule has 0 spiro atoms. The predicted molar refractivity (Wildman–Crippen MR) is 95.7 cm³/mol. The van der Waals surface area contributed by atoms with Crippen molar-refractivity contribution in [2.24, 2.45) is 0 Å². The van der Waals surface area contributed by atoms with Crippen LogP contribution in [-0.4, -0.2) is 78.8 Å². The van der Waals surface area contributed by atoms with E-state index in [0.717, 1.165) is 18.2 Å². The van der Waals surface area contributed by atoms with E-state index < -0.39 is 60.2 Å². The van der Waals surface area contributed by atoms with Crippen LogP contribution in [0.15, 0.2) is 36.4 Å². The molecular formula is C19H20O10. The number of carbonyl (C=O) groups is 1. The maximum absolute atomic E-state index is 12.8. The van der Waals surface area contributed by atoms with Crippen molar-refractivity contribution in [2.75, 3.05) is 6.61 Å². The summed E-state index contributed by atoms with van der Waals surface area (Å²) in [5.74, 6) is -2.45. The Bertz CT molecular complexity index is 897. The van der Waals surface area contributed by atoms with Crippen LogP contribution in [0.25, 0.3) is 0 Å². The van der Waals surface area contributed by atoms with Gasteiger partial charge in [0.05, 0.1) is 6.61 Å². The Morgan fingerprint density at radius 1 is 0.966 bits per heavy atom. The molecule has 0 bridgehead atoms. The van der Waals surface area contributed by atoms with Crippen LogP contribution in [0.5, 0.6) is 23.0 Å². The quantitative estimate of drug-likeness (QED) is 0.310. The monoisotopic (exact) mass is 408 g/mol. The largest absolute Gasteiger partial charge is 0.508 e. The molecule has 1 aliphatic heterocycles. The lowest BCUT2D eigenvalue weighted by molar-refractivity contribution is -0.277. The molecule has 5 atom stereocenters. The molecular weight excluding hydrogens is 388 g/mol. The van der Waals surface area contributed by atoms with Gasteiger partial charge < -0.3 is 45.2 Å². The van der Waals surface area contributed by atoms with Crippen molar-refractivity contribution in [3.63, 3.8) is 0 Å². The topological polar surface area (TPSA) is 177 Å². The molecule has 1 aliphatic rings. The molecule has 2 aromatic rings. The lowest BCUT2D eigenvalue weighted by Crippen LogP contribution is -2.60. The van der Waals surface area contributed by atoms with Gasteiger partial charge in [0, 0.05) is 17.7 Å². The van der Waals surface area contributed by atoms with Crippen LogP contribution in [0.4, 0.5) is 0 Å². The standard InChI is InChI=1S/C19H20O10/c20-7-13-16(25)17(26)18(27)19(29-13)28-12-6-10(22)5-11(23)14(12)15(24)8-2-1-3-9(21)4-8/h1-6,13,16-23,25-27H,7H2. The number of ether oxygens (including phenoxy) is 2. The molecule has 1 saturated heterocycles. The van der Waals surface area contributed by atoms with Crippen LogP contribution in [-0.2, 0) is 4.74 Å². The van der Waals surface area contributed by atoms with Crippen molar-refractivity contribution in [2.45, 2.75) is 30.7 Å². The number of aliphatic hydroxyl groups excluding tert-OH is 4. The Balaban J connectivity index is 1.98. The minimum atomic E-state index is -1.76. The van der Waals surface area contributed by atoms with Gasteiger partial charge in [-0.15, -0.1) is 0 Å². The average molecular weight is 408 g/mol. The van der Waals surface area contributed by atoms with Crippen molar-refractivity contribution in [1.82, 2.24) is 0 Å². The highest BCUT2D eigenvalue weighted by atomic mass is 16.7. The van der Waals surface area contributed by atoms with E-state index in [0.29, 0.717) is 0 Å². The minimum Gasteiger partial charge on any atom is -0.508 e. The van der Waals surface area contributed by atoms with Crippen LogP contribution in [0.1, 0.15) is 15.9 Å². The maximum Gasteiger partial charge on any atom is 0.229 e. The lowest BCUT2D eigenvalue weighted by atomic mass is 9.98. The van der Waals surface area contributed by atoms with Crippen molar-refractivity contribution in [3.8, 4) is 23.0 Å². The van der Waals surface area contributed by atoms with Gasteiger partial charge in [-0.2, -0.15) is 0 Å². The summed E-state index contributed by atoms with van der Waals surface area (Å²) in [6.07, 6.45) is -7.99. The number of hydrogen-bond donors (Lipinski definition) is 7. The minimum absolute atomic E-state index is 0.00430. The highest BCUT2D eigenvalue weighted by molar-refractivity contribution is 6.12. The summed E-state index contributed by atoms with van der Waals surface area (Å²) in [5, 5.41) is 68.7. The van der Waals surface area contributed by atoms with Crippen LogP contribution >= 0.6 is 0 Å². The molecule has 2 aromatic carbocycles. The van der Waals surface area contributed by atoms with Crippen LogP contribution in [0.3, 0.4) is 0 Å². The fourth-order valence-corrected chi connectivity index (χ4v) is 2.99. The maximum atomic E-state index is 12.8. The first-order valence-electron chi connectivity index (χ1n) is 8.59. The van der Waals surface area contributed by atoms with Crippen LogP contribution in [0.2, 0.25) is 0 Å². The summed E-state index contributed by atoms with van der Waals surface area (Å²) in [5.41, 5.74) is -0.394. The molecule has 1 heterocycles. The molecule has 0 saturated carbocycles. The molecule has 0 amide bonds. The molecule has 0 radical (unpaired) electrons. The van der Waals surface area contributed by atoms with Gasteiger partial charge in [0.25, 0.3) is 0 Å². The summed E-state index contributed by atoms with van der Waals surface area (Å²) in [6.45, 7) is -0.689. The van der Waals surface area contributed by atoms with Gasteiger partial charge in [-0.1, -0.05) is 12.1 Å². The Morgan fingerprint density at radius 2 is 1.69 bits per heavy atom. The van der Waals surface area contributed by atoms with E-state index in [4.69, 9.17) is 9.47 Å². The fourth-order valence-electron chi connectivity index (χ4n) is 2.99. The highest BCUT2D eigenvalue weighted by Crippen LogP contribution is 2.37. The molecule has 0 aromatic heterocycles.